The monoisotopic (exact) mass is 251 g/mol. The number of morpholine rings is 1. The zero-order valence-electron chi connectivity index (χ0n) is 8.95. The van der Waals surface area contributed by atoms with Gasteiger partial charge in [-0.25, -0.2) is 8.42 Å². The van der Waals surface area contributed by atoms with Gasteiger partial charge in [-0.2, -0.15) is 0 Å². The van der Waals surface area contributed by atoms with E-state index in [1.807, 2.05) is 4.90 Å². The molecule has 3 unspecified atom stereocenters. The maximum Gasteiger partial charge on any atom is 0.154 e. The van der Waals surface area contributed by atoms with Gasteiger partial charge >= 0.3 is 0 Å². The lowest BCUT2D eigenvalue weighted by Gasteiger charge is -2.36. The molecule has 0 bridgehead atoms. The van der Waals surface area contributed by atoms with E-state index in [-0.39, 0.29) is 30.3 Å². The van der Waals surface area contributed by atoms with Crippen molar-refractivity contribution < 1.29 is 23.4 Å². The molecule has 0 saturated carbocycles. The molecule has 0 spiro atoms. The standard InChI is InChI=1S/C9H17NO5S/c11-4-7-3-10(1-2-15-7)8-5-16(13,14)6-9(8)12/h7-9,11-12H,1-6H2. The number of sulfone groups is 1. The molecule has 2 heterocycles. The van der Waals surface area contributed by atoms with E-state index in [0.717, 1.165) is 0 Å². The minimum atomic E-state index is -3.11. The molecular weight excluding hydrogens is 234 g/mol. The largest absolute Gasteiger partial charge is 0.394 e. The number of rotatable bonds is 2. The summed E-state index contributed by atoms with van der Waals surface area (Å²) in [5, 5.41) is 18.7. The number of ether oxygens (including phenoxy) is 1. The van der Waals surface area contributed by atoms with E-state index in [9.17, 15) is 13.5 Å². The zero-order valence-corrected chi connectivity index (χ0v) is 9.77. The zero-order chi connectivity index (χ0) is 11.8. The van der Waals surface area contributed by atoms with Gasteiger partial charge in [0.25, 0.3) is 0 Å². The van der Waals surface area contributed by atoms with Crippen LogP contribution in [0, 0.1) is 0 Å². The van der Waals surface area contributed by atoms with Crippen molar-refractivity contribution in [2.75, 3.05) is 37.8 Å². The Labute approximate surface area is 94.7 Å². The van der Waals surface area contributed by atoms with Crippen molar-refractivity contribution in [3.63, 3.8) is 0 Å². The summed E-state index contributed by atoms with van der Waals surface area (Å²) in [5.41, 5.74) is 0. The van der Waals surface area contributed by atoms with Crippen molar-refractivity contribution in [2.24, 2.45) is 0 Å². The lowest BCUT2D eigenvalue weighted by atomic mass is 10.1. The van der Waals surface area contributed by atoms with Crippen LogP contribution in [-0.2, 0) is 14.6 Å². The van der Waals surface area contributed by atoms with Crippen LogP contribution in [0.15, 0.2) is 0 Å². The van der Waals surface area contributed by atoms with Gasteiger partial charge < -0.3 is 14.9 Å². The number of hydrogen-bond donors (Lipinski definition) is 2. The first-order chi connectivity index (χ1) is 7.52. The van der Waals surface area contributed by atoms with E-state index >= 15 is 0 Å². The Balaban J connectivity index is 2.02. The molecule has 0 aromatic carbocycles. The number of aliphatic hydroxyl groups is 2. The fourth-order valence-electron chi connectivity index (χ4n) is 2.31. The number of nitrogens with zero attached hydrogens (tertiary/aromatic N) is 1. The summed E-state index contributed by atoms with van der Waals surface area (Å²) in [6, 6.07) is -0.344. The molecule has 2 aliphatic heterocycles. The fraction of sp³-hybridized carbons (Fsp3) is 1.00. The highest BCUT2D eigenvalue weighted by molar-refractivity contribution is 7.91. The van der Waals surface area contributed by atoms with Gasteiger partial charge in [0.05, 0.1) is 43.0 Å². The molecule has 0 amide bonds. The summed E-state index contributed by atoms with van der Waals surface area (Å²) < 4.78 is 28.0. The lowest BCUT2D eigenvalue weighted by Crippen LogP contribution is -2.52. The molecule has 2 N–H and O–H groups in total. The van der Waals surface area contributed by atoms with Crippen LogP contribution in [0.3, 0.4) is 0 Å². The SMILES string of the molecule is O=S1(=O)CC(O)C(N2CCOC(CO)C2)C1. The molecule has 2 rings (SSSR count). The predicted molar refractivity (Wildman–Crippen MR) is 56.8 cm³/mol. The van der Waals surface area contributed by atoms with Gasteiger partial charge in [0.15, 0.2) is 9.84 Å². The Morgan fingerprint density at radius 2 is 2.12 bits per heavy atom. The van der Waals surface area contributed by atoms with Crippen LogP contribution in [0.2, 0.25) is 0 Å². The molecule has 94 valence electrons. The van der Waals surface area contributed by atoms with Crippen LogP contribution in [0.1, 0.15) is 0 Å². The van der Waals surface area contributed by atoms with Gasteiger partial charge in [0.2, 0.25) is 0 Å². The third-order valence-corrected chi connectivity index (χ3v) is 4.84. The Kier molecular flexibility index (Phi) is 3.50. The quantitative estimate of drug-likeness (QED) is 0.581. The van der Waals surface area contributed by atoms with E-state index < -0.39 is 15.9 Å². The van der Waals surface area contributed by atoms with Gasteiger partial charge in [0, 0.05) is 13.1 Å². The summed E-state index contributed by atoms with van der Waals surface area (Å²) >= 11 is 0. The Hall–Kier alpha value is -0.210. The van der Waals surface area contributed by atoms with Gasteiger partial charge in [-0.15, -0.1) is 0 Å². The van der Waals surface area contributed by atoms with E-state index in [1.54, 1.807) is 0 Å². The fourth-order valence-corrected chi connectivity index (χ4v) is 4.15. The van der Waals surface area contributed by atoms with E-state index in [1.165, 1.54) is 0 Å². The van der Waals surface area contributed by atoms with Crippen LogP contribution < -0.4 is 0 Å². The first-order valence-electron chi connectivity index (χ1n) is 5.37. The highest BCUT2D eigenvalue weighted by atomic mass is 32.2. The minimum Gasteiger partial charge on any atom is -0.394 e. The molecule has 6 nitrogen and oxygen atoms in total. The predicted octanol–water partition coefficient (Wildman–Crippen LogP) is -2.16. The van der Waals surface area contributed by atoms with Crippen molar-refractivity contribution in [1.29, 1.82) is 0 Å². The van der Waals surface area contributed by atoms with Crippen molar-refractivity contribution in [2.45, 2.75) is 18.2 Å². The van der Waals surface area contributed by atoms with Crippen molar-refractivity contribution in [3.8, 4) is 0 Å². The second-order valence-electron chi connectivity index (χ2n) is 4.38. The maximum atomic E-state index is 11.4. The lowest BCUT2D eigenvalue weighted by molar-refractivity contribution is -0.0734. The summed E-state index contributed by atoms with van der Waals surface area (Å²) in [5.74, 6) is -0.148. The maximum absolute atomic E-state index is 11.4. The second kappa shape index (κ2) is 4.58. The van der Waals surface area contributed by atoms with Crippen molar-refractivity contribution in [1.82, 2.24) is 4.90 Å². The van der Waals surface area contributed by atoms with Crippen LogP contribution in [-0.4, -0.2) is 79.6 Å². The topological polar surface area (TPSA) is 87.1 Å². The van der Waals surface area contributed by atoms with Gasteiger partial charge in [0.1, 0.15) is 0 Å². The van der Waals surface area contributed by atoms with E-state index in [4.69, 9.17) is 9.84 Å². The molecule has 16 heavy (non-hydrogen) atoms. The normalized spacial score (nSPS) is 40.0. The Morgan fingerprint density at radius 1 is 1.38 bits per heavy atom. The van der Waals surface area contributed by atoms with E-state index in [2.05, 4.69) is 0 Å². The highest BCUT2D eigenvalue weighted by Crippen LogP contribution is 2.20. The highest BCUT2D eigenvalue weighted by Gasteiger charge is 2.41. The van der Waals surface area contributed by atoms with Gasteiger partial charge in [-0.05, 0) is 0 Å². The molecule has 2 fully saturated rings. The van der Waals surface area contributed by atoms with Crippen molar-refractivity contribution >= 4 is 9.84 Å². The van der Waals surface area contributed by atoms with Crippen LogP contribution in [0.5, 0.6) is 0 Å². The molecule has 7 heteroatoms. The summed E-state index contributed by atoms with van der Waals surface area (Å²) in [6.07, 6.45) is -1.09. The molecule has 3 atom stereocenters. The second-order valence-corrected chi connectivity index (χ2v) is 6.54. The smallest absolute Gasteiger partial charge is 0.154 e. The molecular formula is C9H17NO5S. The molecule has 0 aromatic heterocycles. The average Bonchev–Trinajstić information content (AvgIpc) is 2.52. The van der Waals surface area contributed by atoms with Gasteiger partial charge in [-0.1, -0.05) is 0 Å². The number of aliphatic hydroxyl groups excluding tert-OH is 2. The minimum absolute atomic E-state index is 0.00627. The first kappa shape index (κ1) is 12.3. The Bertz CT molecular complexity index is 344. The third-order valence-electron chi connectivity index (χ3n) is 3.14. The Morgan fingerprint density at radius 3 is 2.69 bits per heavy atom. The molecule has 0 aromatic rings. The van der Waals surface area contributed by atoms with E-state index in [0.29, 0.717) is 19.7 Å². The molecule has 2 aliphatic rings. The van der Waals surface area contributed by atoms with Gasteiger partial charge in [-0.3, -0.25) is 4.90 Å². The summed E-state index contributed by atoms with van der Waals surface area (Å²) in [4.78, 5) is 1.90. The molecule has 2 saturated heterocycles. The van der Waals surface area contributed by atoms with Crippen molar-refractivity contribution in [3.05, 3.63) is 0 Å². The third kappa shape index (κ3) is 2.54. The average molecular weight is 251 g/mol. The summed E-state index contributed by atoms with van der Waals surface area (Å²) in [7, 11) is -3.11. The van der Waals surface area contributed by atoms with Crippen LogP contribution in [0.25, 0.3) is 0 Å². The molecule has 0 aliphatic carbocycles. The molecule has 0 radical (unpaired) electrons. The van der Waals surface area contributed by atoms with Crippen LogP contribution >= 0.6 is 0 Å². The first-order valence-corrected chi connectivity index (χ1v) is 7.19. The van der Waals surface area contributed by atoms with Crippen LogP contribution in [0.4, 0.5) is 0 Å². The summed E-state index contributed by atoms with van der Waals surface area (Å²) in [6.45, 7) is 1.47. The number of hydrogen-bond acceptors (Lipinski definition) is 6.